The Balaban J connectivity index is 0.00000121. The van der Waals surface area contributed by atoms with Crippen LogP contribution in [-0.4, -0.2) is 12.8 Å². The third-order valence-electron chi connectivity index (χ3n) is 2.15. The van der Waals surface area contributed by atoms with E-state index in [4.69, 9.17) is 0 Å². The molecule has 12 heavy (non-hydrogen) atoms. The number of halogens is 4. The van der Waals surface area contributed by atoms with E-state index in [1.165, 1.54) is 0 Å². The van der Waals surface area contributed by atoms with Gasteiger partial charge in [0.15, 0.2) is 0 Å². The molecule has 6 heteroatoms. The second-order valence-electron chi connectivity index (χ2n) is 2.82. The van der Waals surface area contributed by atoms with Crippen LogP contribution < -0.4 is 5.90 Å². The topological polar surface area (TPSA) is 35.2 Å². The lowest BCUT2D eigenvalue weighted by molar-refractivity contribution is -0.219. The van der Waals surface area contributed by atoms with Crippen LogP contribution in [0.3, 0.4) is 0 Å². The van der Waals surface area contributed by atoms with Crippen molar-refractivity contribution in [3.05, 3.63) is 0 Å². The average Bonchev–Trinajstić information content (AvgIpc) is 1.75. The van der Waals surface area contributed by atoms with E-state index in [1.807, 2.05) is 0 Å². The van der Waals surface area contributed by atoms with E-state index >= 15 is 0 Å². The molecule has 0 amide bonds. The van der Waals surface area contributed by atoms with Crippen molar-refractivity contribution in [2.24, 2.45) is 17.7 Å². The van der Waals surface area contributed by atoms with Crippen LogP contribution in [0.4, 0.5) is 13.2 Å². The van der Waals surface area contributed by atoms with E-state index in [0.717, 1.165) is 0 Å². The third-order valence-corrected chi connectivity index (χ3v) is 2.15. The maximum absolute atomic E-state index is 12.0. The molecule has 74 valence electrons. The molecule has 0 aliphatic heterocycles. The van der Waals surface area contributed by atoms with E-state index in [2.05, 4.69) is 10.7 Å². The van der Waals surface area contributed by atoms with Crippen molar-refractivity contribution in [1.29, 1.82) is 0 Å². The zero-order valence-electron chi connectivity index (χ0n) is 6.30. The molecule has 1 aliphatic rings. The van der Waals surface area contributed by atoms with Crippen LogP contribution in [0.15, 0.2) is 0 Å². The molecular formula is C6H11ClF3NO. The quantitative estimate of drug-likeness (QED) is 0.699. The molecule has 1 fully saturated rings. The molecular weight excluding hydrogens is 195 g/mol. The van der Waals surface area contributed by atoms with Gasteiger partial charge in [0.1, 0.15) is 0 Å². The van der Waals surface area contributed by atoms with Gasteiger partial charge < -0.3 is 4.84 Å². The first-order chi connectivity index (χ1) is 5.05. The Bertz CT molecular complexity index is 141. The molecule has 1 aliphatic carbocycles. The van der Waals surface area contributed by atoms with Crippen molar-refractivity contribution in [2.75, 3.05) is 6.61 Å². The van der Waals surface area contributed by atoms with Crippen molar-refractivity contribution < 1.29 is 18.0 Å². The lowest BCUT2D eigenvalue weighted by Crippen LogP contribution is -2.40. The molecule has 1 rings (SSSR count). The summed E-state index contributed by atoms with van der Waals surface area (Å²) < 4.78 is 35.9. The van der Waals surface area contributed by atoms with Crippen molar-refractivity contribution in [3.8, 4) is 0 Å². The molecule has 0 aromatic rings. The van der Waals surface area contributed by atoms with Crippen molar-refractivity contribution in [2.45, 2.75) is 19.0 Å². The van der Waals surface area contributed by atoms with Crippen LogP contribution in [0, 0.1) is 11.8 Å². The Morgan fingerprint density at radius 3 is 2.17 bits per heavy atom. The van der Waals surface area contributed by atoms with Gasteiger partial charge in [-0.1, -0.05) is 0 Å². The molecule has 0 spiro atoms. The highest BCUT2D eigenvalue weighted by molar-refractivity contribution is 5.85. The van der Waals surface area contributed by atoms with Crippen LogP contribution in [0.5, 0.6) is 0 Å². The Labute approximate surface area is 74.6 Å². The summed E-state index contributed by atoms with van der Waals surface area (Å²) >= 11 is 0. The number of rotatable bonds is 2. The minimum absolute atomic E-state index is 0. The number of hydrogen-bond acceptors (Lipinski definition) is 2. The second-order valence-corrected chi connectivity index (χ2v) is 2.82. The van der Waals surface area contributed by atoms with E-state index in [1.54, 1.807) is 0 Å². The maximum atomic E-state index is 12.0. The van der Waals surface area contributed by atoms with Crippen molar-refractivity contribution in [3.63, 3.8) is 0 Å². The molecule has 2 N–H and O–H groups in total. The van der Waals surface area contributed by atoms with Gasteiger partial charge in [0.05, 0.1) is 12.5 Å². The largest absolute Gasteiger partial charge is 0.392 e. The Kier molecular flexibility index (Phi) is 4.30. The first kappa shape index (κ1) is 12.0. The number of alkyl halides is 3. The van der Waals surface area contributed by atoms with Crippen LogP contribution in [0.2, 0.25) is 0 Å². The predicted molar refractivity (Wildman–Crippen MR) is 39.7 cm³/mol. The summed E-state index contributed by atoms with van der Waals surface area (Å²) in [6.07, 6.45) is -3.28. The summed E-state index contributed by atoms with van der Waals surface area (Å²) in [4.78, 5) is 4.17. The van der Waals surface area contributed by atoms with Gasteiger partial charge in [0.25, 0.3) is 0 Å². The third kappa shape index (κ3) is 2.50. The van der Waals surface area contributed by atoms with Gasteiger partial charge >= 0.3 is 6.18 Å². The molecule has 0 radical (unpaired) electrons. The molecule has 0 saturated heterocycles. The number of nitrogens with two attached hydrogens (primary N) is 1. The fourth-order valence-corrected chi connectivity index (χ4v) is 1.32. The minimum atomic E-state index is -4.07. The van der Waals surface area contributed by atoms with Gasteiger partial charge in [-0.05, 0) is 18.8 Å². The van der Waals surface area contributed by atoms with Gasteiger partial charge in [-0.2, -0.15) is 13.2 Å². The molecule has 0 bridgehead atoms. The summed E-state index contributed by atoms with van der Waals surface area (Å²) in [5.74, 6) is 3.07. The van der Waals surface area contributed by atoms with Crippen molar-refractivity contribution >= 4 is 12.4 Å². The zero-order chi connectivity index (χ0) is 8.48. The second kappa shape index (κ2) is 4.30. The fourth-order valence-electron chi connectivity index (χ4n) is 1.32. The van der Waals surface area contributed by atoms with Crippen LogP contribution >= 0.6 is 12.4 Å². The van der Waals surface area contributed by atoms with Crippen molar-refractivity contribution in [1.82, 2.24) is 0 Å². The highest BCUT2D eigenvalue weighted by Crippen LogP contribution is 2.45. The summed E-state index contributed by atoms with van der Waals surface area (Å²) in [5, 5.41) is 0. The lowest BCUT2D eigenvalue weighted by Gasteiger charge is -2.36. The molecule has 0 aromatic heterocycles. The van der Waals surface area contributed by atoms with Gasteiger partial charge in [-0.15, -0.1) is 12.4 Å². The highest BCUT2D eigenvalue weighted by atomic mass is 35.5. The number of hydrogen-bond donors (Lipinski definition) is 1. The van der Waals surface area contributed by atoms with E-state index in [0.29, 0.717) is 6.42 Å². The molecule has 0 aromatic carbocycles. The standard InChI is InChI=1S/C6H10F3NO.ClH/c7-6(8,9)5-2-1-4(5)3-11-10;/h4-5H,1-3,10H2;1H/t4-,5+;/m0./s1. The van der Waals surface area contributed by atoms with E-state index in [-0.39, 0.29) is 25.4 Å². The van der Waals surface area contributed by atoms with Gasteiger partial charge in [0, 0.05) is 0 Å². The van der Waals surface area contributed by atoms with Crippen LogP contribution in [-0.2, 0) is 4.84 Å². The Morgan fingerprint density at radius 1 is 1.33 bits per heavy atom. The predicted octanol–water partition coefficient (Wildman–Crippen LogP) is 1.89. The average molecular weight is 206 g/mol. The summed E-state index contributed by atoms with van der Waals surface area (Å²) in [5.41, 5.74) is 0. The molecule has 2 atom stereocenters. The summed E-state index contributed by atoms with van der Waals surface area (Å²) in [6.45, 7) is 0.0180. The highest BCUT2D eigenvalue weighted by Gasteiger charge is 2.49. The van der Waals surface area contributed by atoms with E-state index in [9.17, 15) is 13.2 Å². The van der Waals surface area contributed by atoms with E-state index < -0.39 is 18.0 Å². The molecule has 1 saturated carbocycles. The maximum Gasteiger partial charge on any atom is 0.392 e. The first-order valence-corrected chi connectivity index (χ1v) is 3.44. The smallest absolute Gasteiger partial charge is 0.304 e. The fraction of sp³-hybridized carbons (Fsp3) is 1.00. The zero-order valence-corrected chi connectivity index (χ0v) is 7.12. The van der Waals surface area contributed by atoms with Gasteiger partial charge in [-0.3, -0.25) is 0 Å². The normalized spacial score (nSPS) is 29.0. The SMILES string of the molecule is Cl.NOC[C@@H]1CC[C@H]1C(F)(F)F. The molecule has 0 heterocycles. The Morgan fingerprint density at radius 2 is 1.92 bits per heavy atom. The van der Waals surface area contributed by atoms with Crippen LogP contribution in [0.1, 0.15) is 12.8 Å². The first-order valence-electron chi connectivity index (χ1n) is 3.44. The summed E-state index contributed by atoms with van der Waals surface area (Å²) in [6, 6.07) is 0. The summed E-state index contributed by atoms with van der Waals surface area (Å²) in [7, 11) is 0. The molecule has 0 unspecified atom stereocenters. The van der Waals surface area contributed by atoms with Gasteiger partial charge in [-0.25, -0.2) is 5.90 Å². The molecule has 2 nitrogen and oxygen atoms in total. The van der Waals surface area contributed by atoms with Crippen LogP contribution in [0.25, 0.3) is 0 Å². The Hall–Kier alpha value is -0.0000000000000000555. The monoisotopic (exact) mass is 205 g/mol. The minimum Gasteiger partial charge on any atom is -0.304 e. The van der Waals surface area contributed by atoms with Gasteiger partial charge in [0.2, 0.25) is 0 Å². The lowest BCUT2D eigenvalue weighted by atomic mass is 9.74.